The van der Waals surface area contributed by atoms with E-state index in [0.717, 1.165) is 5.56 Å². The third-order valence-electron chi connectivity index (χ3n) is 2.29. The number of benzene rings is 1. The molecule has 0 aliphatic heterocycles. The smallest absolute Gasteiger partial charge is 0.252 e. The van der Waals surface area contributed by atoms with Crippen LogP contribution in [0.25, 0.3) is 0 Å². The van der Waals surface area contributed by atoms with E-state index in [9.17, 15) is 4.79 Å². The van der Waals surface area contributed by atoms with Gasteiger partial charge < -0.3 is 10.2 Å². The first-order valence-electron chi connectivity index (χ1n) is 5.16. The summed E-state index contributed by atoms with van der Waals surface area (Å²) >= 11 is 0. The Kier molecular flexibility index (Phi) is 4.04. The van der Waals surface area contributed by atoms with Crippen molar-refractivity contribution in [2.75, 3.05) is 6.61 Å². The van der Waals surface area contributed by atoms with Crippen LogP contribution in [-0.2, 0) is 4.84 Å². The molecule has 0 fully saturated rings. The van der Waals surface area contributed by atoms with E-state index in [1.165, 1.54) is 0 Å². The average Bonchev–Trinajstić information content (AvgIpc) is 2.17. The van der Waals surface area contributed by atoms with Gasteiger partial charge in [-0.15, -0.1) is 0 Å². The molecule has 88 valence electrons. The predicted octanol–water partition coefficient (Wildman–Crippen LogP) is 1.39. The van der Waals surface area contributed by atoms with E-state index in [-0.39, 0.29) is 12.5 Å². The molecule has 0 heterocycles. The number of carbonyl (C=O) groups is 1. The summed E-state index contributed by atoms with van der Waals surface area (Å²) < 4.78 is 0. The van der Waals surface area contributed by atoms with E-state index >= 15 is 0 Å². The van der Waals surface area contributed by atoms with Gasteiger partial charge in [0, 0.05) is 5.56 Å². The minimum atomic E-state index is -0.478. The van der Waals surface area contributed by atoms with Crippen molar-refractivity contribution in [1.82, 2.24) is 5.32 Å². The summed E-state index contributed by atoms with van der Waals surface area (Å²) in [5.41, 5.74) is 1.14. The van der Waals surface area contributed by atoms with E-state index < -0.39 is 5.54 Å². The molecular formula is C12H18N2O2. The molecule has 0 aliphatic rings. The summed E-state index contributed by atoms with van der Waals surface area (Å²) in [5, 5.41) is 2.87. The van der Waals surface area contributed by atoms with E-state index in [1.807, 2.05) is 39.0 Å². The van der Waals surface area contributed by atoms with Crippen molar-refractivity contribution in [3.8, 4) is 0 Å². The average molecular weight is 222 g/mol. The molecule has 0 aromatic heterocycles. The van der Waals surface area contributed by atoms with E-state index in [0.29, 0.717) is 5.56 Å². The Hall–Kier alpha value is -1.39. The van der Waals surface area contributed by atoms with Gasteiger partial charge in [0.15, 0.2) is 0 Å². The Morgan fingerprint density at radius 3 is 2.62 bits per heavy atom. The second kappa shape index (κ2) is 5.09. The molecule has 1 rings (SSSR count). The van der Waals surface area contributed by atoms with Crippen molar-refractivity contribution >= 4 is 5.91 Å². The number of aryl methyl sites for hydroxylation is 1. The van der Waals surface area contributed by atoms with Gasteiger partial charge in [0.05, 0.1) is 12.1 Å². The molecule has 0 saturated heterocycles. The van der Waals surface area contributed by atoms with Crippen LogP contribution in [0.15, 0.2) is 24.3 Å². The molecule has 1 aromatic carbocycles. The van der Waals surface area contributed by atoms with Crippen LogP contribution in [0.1, 0.15) is 29.8 Å². The first-order valence-corrected chi connectivity index (χ1v) is 5.16. The molecule has 4 heteroatoms. The monoisotopic (exact) mass is 222 g/mol. The highest BCUT2D eigenvalue weighted by molar-refractivity contribution is 5.96. The topological polar surface area (TPSA) is 64.3 Å². The minimum absolute atomic E-state index is 0.111. The fourth-order valence-corrected chi connectivity index (χ4v) is 1.45. The number of nitrogens with one attached hydrogen (secondary N) is 1. The van der Waals surface area contributed by atoms with Crippen molar-refractivity contribution in [1.29, 1.82) is 0 Å². The Labute approximate surface area is 95.7 Å². The molecule has 0 saturated carbocycles. The Morgan fingerprint density at radius 1 is 1.44 bits per heavy atom. The SMILES string of the molecule is Cc1ccccc1C(=O)NC(C)(C)CON. The number of hydrogen-bond donors (Lipinski definition) is 2. The van der Waals surface area contributed by atoms with Gasteiger partial charge in [-0.2, -0.15) is 0 Å². The Balaban J connectivity index is 2.77. The summed E-state index contributed by atoms with van der Waals surface area (Å²) in [5.74, 6) is 4.90. The third kappa shape index (κ3) is 3.32. The molecule has 16 heavy (non-hydrogen) atoms. The maximum atomic E-state index is 11.9. The lowest BCUT2D eigenvalue weighted by atomic mass is 10.0. The van der Waals surface area contributed by atoms with E-state index in [4.69, 9.17) is 5.90 Å². The molecule has 1 aromatic rings. The van der Waals surface area contributed by atoms with Gasteiger partial charge in [0.1, 0.15) is 0 Å². The molecule has 0 bridgehead atoms. The second-order valence-corrected chi connectivity index (χ2v) is 4.46. The summed E-state index contributed by atoms with van der Waals surface area (Å²) in [6.07, 6.45) is 0. The molecule has 0 unspecified atom stereocenters. The van der Waals surface area contributed by atoms with E-state index in [1.54, 1.807) is 6.07 Å². The lowest BCUT2D eigenvalue weighted by molar-refractivity contribution is 0.0687. The maximum absolute atomic E-state index is 11.9. The van der Waals surface area contributed by atoms with Gasteiger partial charge in [0.2, 0.25) is 0 Å². The molecule has 0 atom stereocenters. The Bertz CT molecular complexity index is 375. The summed E-state index contributed by atoms with van der Waals surface area (Å²) in [4.78, 5) is 16.5. The first kappa shape index (κ1) is 12.7. The van der Waals surface area contributed by atoms with Crippen LogP contribution in [0.4, 0.5) is 0 Å². The fourth-order valence-electron chi connectivity index (χ4n) is 1.45. The second-order valence-electron chi connectivity index (χ2n) is 4.46. The van der Waals surface area contributed by atoms with Crippen LogP contribution in [0.2, 0.25) is 0 Å². The quantitative estimate of drug-likeness (QED) is 0.757. The third-order valence-corrected chi connectivity index (χ3v) is 2.29. The zero-order chi connectivity index (χ0) is 12.2. The van der Waals surface area contributed by atoms with Gasteiger partial charge in [0.25, 0.3) is 5.91 Å². The summed E-state index contributed by atoms with van der Waals surface area (Å²) in [7, 11) is 0. The molecule has 4 nitrogen and oxygen atoms in total. The Morgan fingerprint density at radius 2 is 2.06 bits per heavy atom. The largest absolute Gasteiger partial charge is 0.345 e. The molecule has 0 radical (unpaired) electrons. The lowest BCUT2D eigenvalue weighted by Gasteiger charge is -2.25. The van der Waals surface area contributed by atoms with Gasteiger partial charge in [-0.05, 0) is 32.4 Å². The highest BCUT2D eigenvalue weighted by Gasteiger charge is 2.21. The van der Waals surface area contributed by atoms with Crippen LogP contribution in [0.5, 0.6) is 0 Å². The number of hydrogen-bond acceptors (Lipinski definition) is 3. The van der Waals surface area contributed by atoms with Crippen LogP contribution in [-0.4, -0.2) is 18.1 Å². The molecule has 0 aliphatic carbocycles. The summed E-state index contributed by atoms with van der Waals surface area (Å²) in [6.45, 7) is 5.89. The highest BCUT2D eigenvalue weighted by Crippen LogP contribution is 2.09. The normalized spacial score (nSPS) is 11.2. The number of carbonyl (C=O) groups excluding carboxylic acids is 1. The van der Waals surface area contributed by atoms with Crippen LogP contribution >= 0.6 is 0 Å². The van der Waals surface area contributed by atoms with Crippen molar-refractivity contribution < 1.29 is 9.63 Å². The van der Waals surface area contributed by atoms with Crippen molar-refractivity contribution in [3.63, 3.8) is 0 Å². The zero-order valence-electron chi connectivity index (χ0n) is 9.91. The minimum Gasteiger partial charge on any atom is -0.345 e. The maximum Gasteiger partial charge on any atom is 0.252 e. The standard InChI is InChI=1S/C12H18N2O2/c1-9-6-4-5-7-10(9)11(15)14-12(2,3)8-16-13/h4-7H,8,13H2,1-3H3,(H,14,15). The van der Waals surface area contributed by atoms with Crippen molar-refractivity contribution in [3.05, 3.63) is 35.4 Å². The van der Waals surface area contributed by atoms with Gasteiger partial charge in [-0.25, -0.2) is 5.90 Å². The van der Waals surface area contributed by atoms with E-state index in [2.05, 4.69) is 10.2 Å². The molecule has 1 amide bonds. The summed E-state index contributed by atoms with van der Waals surface area (Å²) in [6, 6.07) is 7.44. The van der Waals surface area contributed by atoms with Crippen molar-refractivity contribution in [2.45, 2.75) is 26.3 Å². The van der Waals surface area contributed by atoms with Crippen LogP contribution in [0.3, 0.4) is 0 Å². The highest BCUT2D eigenvalue weighted by atomic mass is 16.6. The first-order chi connectivity index (χ1) is 7.46. The molecule has 0 spiro atoms. The lowest BCUT2D eigenvalue weighted by Crippen LogP contribution is -2.47. The number of rotatable bonds is 4. The molecule has 3 N–H and O–H groups in total. The number of amides is 1. The molecular weight excluding hydrogens is 204 g/mol. The van der Waals surface area contributed by atoms with Gasteiger partial charge in [-0.3, -0.25) is 4.79 Å². The van der Waals surface area contributed by atoms with Crippen molar-refractivity contribution in [2.24, 2.45) is 5.90 Å². The van der Waals surface area contributed by atoms with Crippen LogP contribution in [0, 0.1) is 6.92 Å². The fraction of sp³-hybridized carbons (Fsp3) is 0.417. The van der Waals surface area contributed by atoms with Gasteiger partial charge >= 0.3 is 0 Å². The zero-order valence-corrected chi connectivity index (χ0v) is 9.91. The van der Waals surface area contributed by atoms with Crippen LogP contribution < -0.4 is 11.2 Å². The van der Waals surface area contributed by atoms with Gasteiger partial charge in [-0.1, -0.05) is 18.2 Å². The number of nitrogens with two attached hydrogens (primary N) is 1. The predicted molar refractivity (Wildman–Crippen MR) is 62.9 cm³/mol.